The first-order valence-corrected chi connectivity index (χ1v) is 4.82. The number of amides is 1. The van der Waals surface area contributed by atoms with Crippen LogP contribution in [0.15, 0.2) is 30.3 Å². The zero-order valence-corrected chi connectivity index (χ0v) is 8.49. The van der Waals surface area contributed by atoms with Gasteiger partial charge >= 0.3 is 0 Å². The van der Waals surface area contributed by atoms with Crippen molar-refractivity contribution in [1.82, 2.24) is 5.32 Å². The number of rotatable bonds is 5. The van der Waals surface area contributed by atoms with Gasteiger partial charge in [-0.05, 0) is 12.1 Å². The molecule has 0 aromatic heterocycles. The van der Waals surface area contributed by atoms with Crippen LogP contribution in [-0.4, -0.2) is 19.0 Å². The summed E-state index contributed by atoms with van der Waals surface area (Å²) in [5.74, 6) is 2.41. The molecule has 3 nitrogen and oxygen atoms in total. The Morgan fingerprint density at radius 2 is 2.07 bits per heavy atom. The molecule has 0 radical (unpaired) electrons. The maximum atomic E-state index is 11.2. The number of benzene rings is 1. The van der Waals surface area contributed by atoms with Gasteiger partial charge in [0.05, 0.1) is 6.54 Å². The van der Waals surface area contributed by atoms with E-state index in [0.717, 1.165) is 5.69 Å². The summed E-state index contributed by atoms with van der Waals surface area (Å²) in [5, 5.41) is 5.72. The van der Waals surface area contributed by atoms with Gasteiger partial charge in [-0.3, -0.25) is 4.79 Å². The molecular formula is C12H14N2O. The highest BCUT2D eigenvalue weighted by Gasteiger charge is 1.98. The molecule has 0 heterocycles. The van der Waals surface area contributed by atoms with Gasteiger partial charge in [0.25, 0.3) is 0 Å². The van der Waals surface area contributed by atoms with Crippen LogP contribution in [-0.2, 0) is 4.79 Å². The van der Waals surface area contributed by atoms with Crippen molar-refractivity contribution in [1.29, 1.82) is 0 Å². The quantitative estimate of drug-likeness (QED) is 0.557. The van der Waals surface area contributed by atoms with E-state index >= 15 is 0 Å². The maximum Gasteiger partial charge on any atom is 0.239 e. The fourth-order valence-electron chi connectivity index (χ4n) is 1.07. The van der Waals surface area contributed by atoms with Crippen molar-refractivity contribution in [2.75, 3.05) is 18.4 Å². The summed E-state index contributed by atoms with van der Waals surface area (Å²) in [6.07, 6.45) is 5.63. The Balaban J connectivity index is 2.20. The van der Waals surface area contributed by atoms with E-state index in [-0.39, 0.29) is 12.5 Å². The fraction of sp³-hybridized carbons (Fsp3) is 0.250. The molecule has 15 heavy (non-hydrogen) atoms. The second kappa shape index (κ2) is 6.50. The molecule has 0 aliphatic carbocycles. The Labute approximate surface area is 89.9 Å². The van der Waals surface area contributed by atoms with Gasteiger partial charge in [0.2, 0.25) is 5.91 Å². The minimum Gasteiger partial charge on any atom is -0.376 e. The molecule has 2 N–H and O–H groups in total. The van der Waals surface area contributed by atoms with Crippen molar-refractivity contribution in [2.45, 2.75) is 6.42 Å². The number of anilines is 1. The molecule has 0 bridgehead atoms. The molecule has 0 saturated carbocycles. The number of nitrogens with one attached hydrogen (secondary N) is 2. The molecule has 0 saturated heterocycles. The van der Waals surface area contributed by atoms with Crippen LogP contribution >= 0.6 is 0 Å². The van der Waals surface area contributed by atoms with Crippen molar-refractivity contribution >= 4 is 11.6 Å². The van der Waals surface area contributed by atoms with E-state index in [1.807, 2.05) is 30.3 Å². The average Bonchev–Trinajstić information content (AvgIpc) is 2.28. The zero-order chi connectivity index (χ0) is 10.9. The van der Waals surface area contributed by atoms with Crippen LogP contribution in [0.3, 0.4) is 0 Å². The number of carbonyl (C=O) groups is 1. The number of carbonyl (C=O) groups excluding carboxylic acids is 1. The van der Waals surface area contributed by atoms with E-state index in [4.69, 9.17) is 6.42 Å². The SMILES string of the molecule is C#CCCNC(=O)CNc1ccccc1. The van der Waals surface area contributed by atoms with Gasteiger partial charge in [-0.25, -0.2) is 0 Å². The Bertz CT molecular complexity index is 340. The number of hydrogen-bond acceptors (Lipinski definition) is 2. The van der Waals surface area contributed by atoms with Crippen molar-refractivity contribution in [3.8, 4) is 12.3 Å². The van der Waals surface area contributed by atoms with Crippen LogP contribution in [0.1, 0.15) is 6.42 Å². The first-order chi connectivity index (χ1) is 7.33. The van der Waals surface area contributed by atoms with Gasteiger partial charge in [-0.15, -0.1) is 12.3 Å². The fourth-order valence-corrected chi connectivity index (χ4v) is 1.07. The molecule has 0 atom stereocenters. The molecule has 0 aliphatic rings. The van der Waals surface area contributed by atoms with Crippen LogP contribution in [0.2, 0.25) is 0 Å². The molecule has 78 valence electrons. The topological polar surface area (TPSA) is 41.1 Å². The smallest absolute Gasteiger partial charge is 0.239 e. The highest BCUT2D eigenvalue weighted by Crippen LogP contribution is 2.03. The van der Waals surface area contributed by atoms with Gasteiger partial charge in [0.15, 0.2) is 0 Å². The minimum absolute atomic E-state index is 0.0471. The third kappa shape index (κ3) is 4.72. The Kier molecular flexibility index (Phi) is 4.82. The van der Waals surface area contributed by atoms with Crippen LogP contribution in [0.5, 0.6) is 0 Å². The first-order valence-electron chi connectivity index (χ1n) is 4.82. The molecule has 0 fully saturated rings. The summed E-state index contributed by atoms with van der Waals surface area (Å²) in [7, 11) is 0. The number of terminal acetylenes is 1. The summed E-state index contributed by atoms with van der Waals surface area (Å²) < 4.78 is 0. The Morgan fingerprint density at radius 1 is 1.33 bits per heavy atom. The lowest BCUT2D eigenvalue weighted by molar-refractivity contribution is -0.119. The van der Waals surface area contributed by atoms with Crippen LogP contribution in [0.4, 0.5) is 5.69 Å². The summed E-state index contributed by atoms with van der Waals surface area (Å²) in [5.41, 5.74) is 0.935. The Hall–Kier alpha value is -1.95. The van der Waals surface area contributed by atoms with E-state index < -0.39 is 0 Å². The third-order valence-electron chi connectivity index (χ3n) is 1.82. The largest absolute Gasteiger partial charge is 0.376 e. The van der Waals surface area contributed by atoms with Crippen molar-refractivity contribution in [3.05, 3.63) is 30.3 Å². The maximum absolute atomic E-state index is 11.2. The summed E-state index contributed by atoms with van der Waals surface area (Å²) in [6, 6.07) is 9.58. The average molecular weight is 202 g/mol. The highest BCUT2D eigenvalue weighted by atomic mass is 16.1. The van der Waals surface area contributed by atoms with E-state index in [1.165, 1.54) is 0 Å². The predicted octanol–water partition coefficient (Wildman–Crippen LogP) is 1.24. The van der Waals surface area contributed by atoms with Crippen LogP contribution in [0, 0.1) is 12.3 Å². The second-order valence-corrected chi connectivity index (χ2v) is 3.02. The van der Waals surface area contributed by atoms with Crippen molar-refractivity contribution in [3.63, 3.8) is 0 Å². The minimum atomic E-state index is -0.0471. The highest BCUT2D eigenvalue weighted by molar-refractivity contribution is 5.80. The van der Waals surface area contributed by atoms with Gasteiger partial charge in [-0.2, -0.15) is 0 Å². The summed E-state index contributed by atoms with van der Waals surface area (Å²) in [6.45, 7) is 0.806. The van der Waals surface area contributed by atoms with Gasteiger partial charge in [0.1, 0.15) is 0 Å². The molecule has 0 spiro atoms. The van der Waals surface area contributed by atoms with E-state index in [2.05, 4.69) is 16.6 Å². The molecule has 1 aromatic rings. The summed E-state index contributed by atoms with van der Waals surface area (Å²) in [4.78, 5) is 11.2. The van der Waals surface area contributed by atoms with Crippen LogP contribution in [0.25, 0.3) is 0 Å². The molecule has 0 unspecified atom stereocenters. The van der Waals surface area contributed by atoms with E-state index in [9.17, 15) is 4.79 Å². The standard InChI is InChI=1S/C12H14N2O/c1-2-3-9-13-12(15)10-14-11-7-5-4-6-8-11/h1,4-8,14H,3,9-10H2,(H,13,15). The normalized spacial score (nSPS) is 9.00. The van der Waals surface area contributed by atoms with Gasteiger partial charge in [-0.1, -0.05) is 18.2 Å². The lowest BCUT2D eigenvalue weighted by Gasteiger charge is -2.06. The molecular weight excluding hydrogens is 188 g/mol. The lowest BCUT2D eigenvalue weighted by Crippen LogP contribution is -2.30. The molecule has 0 aliphatic heterocycles. The molecule has 1 rings (SSSR count). The number of hydrogen-bond donors (Lipinski definition) is 2. The second-order valence-electron chi connectivity index (χ2n) is 3.02. The third-order valence-corrected chi connectivity index (χ3v) is 1.82. The monoisotopic (exact) mass is 202 g/mol. The van der Waals surface area contributed by atoms with E-state index in [1.54, 1.807) is 0 Å². The van der Waals surface area contributed by atoms with Crippen molar-refractivity contribution < 1.29 is 4.79 Å². The zero-order valence-electron chi connectivity index (χ0n) is 8.49. The van der Waals surface area contributed by atoms with E-state index in [0.29, 0.717) is 13.0 Å². The summed E-state index contributed by atoms with van der Waals surface area (Å²) >= 11 is 0. The van der Waals surface area contributed by atoms with Crippen LogP contribution < -0.4 is 10.6 Å². The van der Waals surface area contributed by atoms with Gasteiger partial charge in [0, 0.05) is 18.7 Å². The Morgan fingerprint density at radius 3 is 2.73 bits per heavy atom. The molecule has 1 aromatic carbocycles. The predicted molar refractivity (Wildman–Crippen MR) is 61.4 cm³/mol. The first kappa shape index (κ1) is 11.1. The molecule has 3 heteroatoms. The molecule has 1 amide bonds. The van der Waals surface area contributed by atoms with Gasteiger partial charge < -0.3 is 10.6 Å². The van der Waals surface area contributed by atoms with Crippen molar-refractivity contribution in [2.24, 2.45) is 0 Å². The number of para-hydroxylation sites is 1. The lowest BCUT2D eigenvalue weighted by atomic mass is 10.3.